The number of aromatic hydroxyl groups is 1. The lowest BCUT2D eigenvalue weighted by atomic mass is 9.97. The maximum Gasteiger partial charge on any atom is 0.312 e. The minimum atomic E-state index is -0.731. The summed E-state index contributed by atoms with van der Waals surface area (Å²) in [5.41, 5.74) is 0.245. The van der Waals surface area contributed by atoms with E-state index in [0.717, 1.165) is 42.2 Å². The van der Waals surface area contributed by atoms with Crippen LogP contribution in [0.1, 0.15) is 23.3 Å². The molecule has 2 heterocycles. The molecule has 7 nitrogen and oxygen atoms in total. The number of H-pyrrole nitrogens is 1. The molecule has 128 valence electrons. The Labute approximate surface area is 150 Å². The maximum absolute atomic E-state index is 12.6. The molecule has 0 aliphatic heterocycles. The summed E-state index contributed by atoms with van der Waals surface area (Å²) in [5.74, 6) is -0.502. The van der Waals surface area contributed by atoms with Crippen molar-refractivity contribution in [1.29, 1.82) is 0 Å². The van der Waals surface area contributed by atoms with Crippen LogP contribution in [0.25, 0.3) is 21.6 Å². The molecular formula is C16H12ClN3O4S. The minimum Gasteiger partial charge on any atom is -0.502 e. The summed E-state index contributed by atoms with van der Waals surface area (Å²) < 4.78 is 0. The zero-order chi connectivity index (χ0) is 17.7. The number of aryl methyl sites for hydroxylation is 2. The lowest BCUT2D eigenvalue weighted by Gasteiger charge is -2.09. The zero-order valence-electron chi connectivity index (χ0n) is 12.8. The average molecular weight is 378 g/mol. The molecule has 0 fully saturated rings. The Bertz CT molecular complexity index is 1090. The van der Waals surface area contributed by atoms with E-state index >= 15 is 0 Å². The van der Waals surface area contributed by atoms with Crippen LogP contribution in [-0.2, 0) is 12.8 Å². The number of phenolic OH excluding ortho intramolecular Hbond substituents is 1. The predicted octanol–water partition coefficient (Wildman–Crippen LogP) is 3.80. The van der Waals surface area contributed by atoms with Crippen LogP contribution >= 0.6 is 22.9 Å². The molecule has 4 rings (SSSR count). The minimum absolute atomic E-state index is 0.0320. The number of nitrogens with zero attached hydrogens (tertiary/aromatic N) is 2. The first kappa shape index (κ1) is 16.0. The van der Waals surface area contributed by atoms with Crippen LogP contribution in [0.3, 0.4) is 0 Å². The topological polar surface area (TPSA) is 109 Å². The van der Waals surface area contributed by atoms with Gasteiger partial charge in [0.15, 0.2) is 0 Å². The molecule has 0 saturated carbocycles. The van der Waals surface area contributed by atoms with E-state index < -0.39 is 16.4 Å². The number of aromatic amines is 1. The molecule has 2 aromatic heterocycles. The first-order valence-corrected chi connectivity index (χ1v) is 8.87. The molecule has 0 amide bonds. The smallest absolute Gasteiger partial charge is 0.312 e. The van der Waals surface area contributed by atoms with Gasteiger partial charge in [0.1, 0.15) is 10.7 Å². The van der Waals surface area contributed by atoms with Gasteiger partial charge in [-0.1, -0.05) is 11.6 Å². The van der Waals surface area contributed by atoms with Crippen molar-refractivity contribution >= 4 is 38.8 Å². The van der Waals surface area contributed by atoms with Crippen LogP contribution in [0.5, 0.6) is 5.75 Å². The molecule has 3 aromatic rings. The van der Waals surface area contributed by atoms with Gasteiger partial charge in [-0.2, -0.15) is 0 Å². The van der Waals surface area contributed by atoms with Gasteiger partial charge < -0.3 is 10.1 Å². The van der Waals surface area contributed by atoms with Crippen molar-refractivity contribution in [3.05, 3.63) is 48.1 Å². The number of nitro groups is 1. The summed E-state index contributed by atoms with van der Waals surface area (Å²) in [7, 11) is 0. The molecule has 1 aromatic carbocycles. The molecule has 2 N–H and O–H groups in total. The number of fused-ring (bicyclic) bond motifs is 3. The van der Waals surface area contributed by atoms with E-state index in [9.17, 15) is 20.0 Å². The molecule has 0 unspecified atom stereocenters. The standard InChI is InChI=1S/C16H12ClN3O4S/c17-7-5-9(13(21)10(6-7)20(23)24)14-18-15(22)12-8-3-1-2-4-11(8)25-16(12)19-14/h5-6,21H,1-4H2,(H,18,19,22). The molecule has 0 spiro atoms. The summed E-state index contributed by atoms with van der Waals surface area (Å²) in [5, 5.41) is 21.9. The van der Waals surface area contributed by atoms with Crippen molar-refractivity contribution in [2.45, 2.75) is 25.7 Å². The lowest BCUT2D eigenvalue weighted by molar-refractivity contribution is -0.385. The number of halogens is 1. The van der Waals surface area contributed by atoms with E-state index in [1.54, 1.807) is 0 Å². The van der Waals surface area contributed by atoms with E-state index in [2.05, 4.69) is 9.97 Å². The molecule has 0 atom stereocenters. The van der Waals surface area contributed by atoms with E-state index in [1.807, 2.05) is 0 Å². The Morgan fingerprint density at radius 1 is 1.32 bits per heavy atom. The van der Waals surface area contributed by atoms with Crippen molar-refractivity contribution in [1.82, 2.24) is 9.97 Å². The number of phenols is 1. The second-order valence-electron chi connectivity index (χ2n) is 5.88. The van der Waals surface area contributed by atoms with Gasteiger partial charge in [0.2, 0.25) is 5.75 Å². The number of aromatic nitrogens is 2. The number of rotatable bonds is 2. The second-order valence-corrected chi connectivity index (χ2v) is 7.40. The zero-order valence-corrected chi connectivity index (χ0v) is 14.4. The van der Waals surface area contributed by atoms with Gasteiger partial charge in [0.05, 0.1) is 15.9 Å². The third-order valence-electron chi connectivity index (χ3n) is 4.33. The van der Waals surface area contributed by atoms with Crippen molar-refractivity contribution in [3.8, 4) is 17.1 Å². The van der Waals surface area contributed by atoms with E-state index in [-0.39, 0.29) is 22.0 Å². The van der Waals surface area contributed by atoms with Crippen LogP contribution in [-0.4, -0.2) is 20.0 Å². The van der Waals surface area contributed by atoms with Crippen LogP contribution in [0.15, 0.2) is 16.9 Å². The van der Waals surface area contributed by atoms with Crippen LogP contribution < -0.4 is 5.56 Å². The van der Waals surface area contributed by atoms with Crippen LogP contribution in [0, 0.1) is 10.1 Å². The fourth-order valence-electron chi connectivity index (χ4n) is 3.20. The van der Waals surface area contributed by atoms with E-state index in [1.165, 1.54) is 17.4 Å². The Balaban J connectivity index is 1.97. The SMILES string of the molecule is O=c1[nH]c(-c2cc(Cl)cc([N+](=O)[O-])c2O)nc2sc3c(c12)CCCC3. The third-order valence-corrected chi connectivity index (χ3v) is 5.74. The monoisotopic (exact) mass is 377 g/mol. The normalized spacial score (nSPS) is 13.8. The number of nitrogens with one attached hydrogen (secondary N) is 1. The highest BCUT2D eigenvalue weighted by atomic mass is 35.5. The van der Waals surface area contributed by atoms with Gasteiger partial charge in [-0.05, 0) is 37.3 Å². The summed E-state index contributed by atoms with van der Waals surface area (Å²) in [6.07, 6.45) is 3.92. The van der Waals surface area contributed by atoms with Gasteiger partial charge in [0.25, 0.3) is 5.56 Å². The Morgan fingerprint density at radius 3 is 2.84 bits per heavy atom. The Hall–Kier alpha value is -2.45. The summed E-state index contributed by atoms with van der Waals surface area (Å²) in [6, 6.07) is 2.41. The second kappa shape index (κ2) is 5.82. The van der Waals surface area contributed by atoms with Crippen molar-refractivity contribution < 1.29 is 10.0 Å². The fraction of sp³-hybridized carbons (Fsp3) is 0.250. The Morgan fingerprint density at radius 2 is 2.08 bits per heavy atom. The van der Waals surface area contributed by atoms with Crippen LogP contribution in [0.2, 0.25) is 5.02 Å². The third kappa shape index (κ3) is 2.58. The van der Waals surface area contributed by atoms with Crippen molar-refractivity contribution in [2.75, 3.05) is 0 Å². The maximum atomic E-state index is 12.6. The summed E-state index contributed by atoms with van der Waals surface area (Å²) in [4.78, 5) is 31.7. The fourth-order valence-corrected chi connectivity index (χ4v) is 4.67. The molecule has 1 aliphatic carbocycles. The molecule has 0 saturated heterocycles. The van der Waals surface area contributed by atoms with Gasteiger partial charge in [-0.25, -0.2) is 4.98 Å². The molecule has 0 bridgehead atoms. The highest BCUT2D eigenvalue weighted by molar-refractivity contribution is 7.18. The number of hydrogen-bond donors (Lipinski definition) is 2. The molecule has 0 radical (unpaired) electrons. The lowest BCUT2D eigenvalue weighted by Crippen LogP contribution is -2.11. The van der Waals surface area contributed by atoms with E-state index in [0.29, 0.717) is 10.2 Å². The molecular weight excluding hydrogens is 366 g/mol. The predicted molar refractivity (Wildman–Crippen MR) is 95.6 cm³/mol. The van der Waals surface area contributed by atoms with Gasteiger partial charge >= 0.3 is 5.69 Å². The largest absolute Gasteiger partial charge is 0.502 e. The van der Waals surface area contributed by atoms with Crippen LogP contribution in [0.4, 0.5) is 5.69 Å². The highest BCUT2D eigenvalue weighted by Crippen LogP contribution is 2.39. The number of nitro benzene ring substituents is 1. The molecule has 1 aliphatic rings. The number of hydrogen-bond acceptors (Lipinski definition) is 6. The summed E-state index contributed by atoms with van der Waals surface area (Å²) >= 11 is 7.39. The van der Waals surface area contributed by atoms with Gasteiger partial charge in [-0.3, -0.25) is 14.9 Å². The van der Waals surface area contributed by atoms with Gasteiger partial charge in [-0.15, -0.1) is 11.3 Å². The molecule has 25 heavy (non-hydrogen) atoms. The first-order valence-electron chi connectivity index (χ1n) is 7.67. The van der Waals surface area contributed by atoms with Crippen molar-refractivity contribution in [2.24, 2.45) is 0 Å². The first-order chi connectivity index (χ1) is 12.0. The Kier molecular flexibility index (Phi) is 3.73. The average Bonchev–Trinajstić information content (AvgIpc) is 2.95. The quantitative estimate of drug-likeness (QED) is 0.521. The number of thiophene rings is 1. The highest BCUT2D eigenvalue weighted by Gasteiger charge is 2.24. The van der Waals surface area contributed by atoms with E-state index in [4.69, 9.17) is 11.6 Å². The van der Waals surface area contributed by atoms with Crippen molar-refractivity contribution in [3.63, 3.8) is 0 Å². The number of benzene rings is 1. The molecule has 9 heteroatoms. The summed E-state index contributed by atoms with van der Waals surface area (Å²) in [6.45, 7) is 0. The van der Waals surface area contributed by atoms with Gasteiger partial charge in [0, 0.05) is 16.0 Å².